The van der Waals surface area contributed by atoms with Crippen molar-refractivity contribution in [1.29, 1.82) is 0 Å². The van der Waals surface area contributed by atoms with E-state index in [1.54, 1.807) is 53.3 Å². The van der Waals surface area contributed by atoms with E-state index in [2.05, 4.69) is 124 Å². The highest BCUT2D eigenvalue weighted by Crippen LogP contribution is 2.49. The van der Waals surface area contributed by atoms with Crippen molar-refractivity contribution in [3.05, 3.63) is 369 Å². The zero-order chi connectivity index (χ0) is 79.2. The minimum absolute atomic E-state index is 0.146. The van der Waals surface area contributed by atoms with Crippen molar-refractivity contribution in [1.82, 2.24) is 39.9 Å². The van der Waals surface area contributed by atoms with Gasteiger partial charge in [-0.05, 0) is 83.4 Å². The lowest BCUT2D eigenvalue weighted by atomic mass is 9.97. The van der Waals surface area contributed by atoms with Crippen LogP contribution in [0.15, 0.2) is 361 Å². The summed E-state index contributed by atoms with van der Waals surface area (Å²) in [6.45, 7) is 0. The molecule has 559 valence electrons. The van der Waals surface area contributed by atoms with Gasteiger partial charge in [0, 0.05) is 141 Å². The van der Waals surface area contributed by atoms with Crippen molar-refractivity contribution >= 4 is 126 Å². The van der Waals surface area contributed by atoms with E-state index < -0.39 is 0 Å². The molecule has 0 aliphatic rings. The summed E-state index contributed by atoms with van der Waals surface area (Å²) in [5.41, 5.74) is 18.4. The monoisotopic (exact) mass is 1580 g/mol. The molecule has 22 aromatic rings. The molecule has 8 aromatic heterocycles. The predicted molar refractivity (Wildman–Crippen MR) is 475 cm³/mol. The lowest BCUT2D eigenvalue weighted by Crippen LogP contribution is -2.00. The number of thiophene rings is 2. The molecule has 22 rings (SSSR count). The lowest BCUT2D eigenvalue weighted by Gasteiger charge is -2.10. The number of halogens is 3. The fourth-order valence-corrected chi connectivity index (χ4v) is 18.4. The van der Waals surface area contributed by atoms with E-state index in [-0.39, 0.29) is 16.9 Å². The van der Waals surface area contributed by atoms with Crippen LogP contribution in [0, 0.1) is 11.6 Å². The molecule has 0 spiro atoms. The van der Waals surface area contributed by atoms with Crippen molar-refractivity contribution < 1.29 is 27.3 Å². The topological polar surface area (TPSA) is 159 Å². The smallest absolute Gasteiger partial charge is 0.535 e. The Bertz CT molecular complexity index is 7610. The van der Waals surface area contributed by atoms with Crippen LogP contribution >= 0.6 is 34.3 Å². The van der Waals surface area contributed by atoms with Gasteiger partial charge in [-0.1, -0.05) is 279 Å². The third kappa shape index (κ3) is 13.6. The van der Waals surface area contributed by atoms with E-state index in [1.165, 1.54) is 24.3 Å². The summed E-state index contributed by atoms with van der Waals surface area (Å²) in [5.74, 6) is 2.62. The molecule has 18 heteroatoms. The number of aromatic nitrogens is 8. The maximum Gasteiger partial charge on any atom is 0.569 e. The highest BCUT2D eigenvalue weighted by atomic mass is 35.5. The Hall–Kier alpha value is -14.6. The van der Waals surface area contributed by atoms with E-state index in [0.717, 1.165) is 173 Å². The molecule has 0 saturated carbocycles. The number of para-hydroxylation sites is 4. The quantitative estimate of drug-likeness (QED) is 0.109. The zero-order valence-corrected chi connectivity index (χ0v) is 64.7. The number of nitrogens with zero attached hydrogens (tertiary/aromatic N) is 8. The molecule has 0 bridgehead atoms. The van der Waals surface area contributed by atoms with Gasteiger partial charge in [-0.15, -0.1) is 22.7 Å². The van der Waals surface area contributed by atoms with Gasteiger partial charge in [0.25, 0.3) is 0 Å². The van der Waals surface area contributed by atoms with E-state index in [0.29, 0.717) is 48.1 Å². The van der Waals surface area contributed by atoms with Crippen LogP contribution < -0.4 is 4.65 Å². The van der Waals surface area contributed by atoms with Gasteiger partial charge in [-0.25, -0.2) is 28.7 Å². The third-order valence-corrected chi connectivity index (χ3v) is 23.6. The van der Waals surface area contributed by atoms with Crippen LogP contribution in [0.25, 0.3) is 208 Å². The highest BCUT2D eigenvalue weighted by molar-refractivity contribution is 7.27. The van der Waals surface area contributed by atoms with Gasteiger partial charge < -0.3 is 18.5 Å². The van der Waals surface area contributed by atoms with E-state index in [1.807, 2.05) is 188 Å². The zero-order valence-electron chi connectivity index (χ0n) is 62.3. The minimum Gasteiger partial charge on any atom is -0.535 e. The number of hydrogen-bond donors (Lipinski definition) is 1. The second kappa shape index (κ2) is 31.3. The lowest BCUT2D eigenvalue weighted by molar-refractivity contribution is 0.451. The number of benzene rings is 14. The standard InChI is InChI=1S/C50H29FN4OS.C32H18ClFN4S.C18H12BO3/c51-33-18-7-17-32(29-33)43-35(27-12-28-52-43)38-22-10-23-39-40-24-11-26-42(47(40)57-46(38)39)50-54-48(31-15-5-2-6-16-31)53-49(55-50)41-25-9-21-37-36-20-8-19-34(44(36)56-45(37)41)30-13-3-1-4-14-30;33-32-37-30(19-8-2-1-3-9-19)36-31(38-32)26-15-6-14-25-24-13-5-12-23(28(24)39-29(25)26)22-16-7-17-35-27(22)20-10-4-11-21(34)18-20;20-19-22-16-11-5-10-15-14-9-4-8-13(17(14)21-18(15)16)12-6-2-1-3-7-12/h1-29H;1-18H;1-11,20H. The van der Waals surface area contributed by atoms with Gasteiger partial charge in [0.15, 0.2) is 34.7 Å². The SMILES string of the molecule is Fc1cccc(-c2ncccc2-c2cccc3c2sc2c(-c4nc(-c5ccccc5)nc(-c5cccc6c5oc5c(-c7ccccc7)cccc56)n4)cccc23)c1.Fc1cccc(-c2ncccc2-c2cccc3c2sc2c(-c4nc(Cl)nc(-c5ccccc5)n4)cccc23)c1.O[B]Oc1cccc2c1oc1c(-c3ccccc3)cccc12. The molecule has 0 saturated heterocycles. The Morgan fingerprint density at radius 2 is 0.593 bits per heavy atom. The number of pyridine rings is 2. The van der Waals surface area contributed by atoms with Gasteiger partial charge in [0.1, 0.15) is 34.1 Å². The molecule has 12 nitrogen and oxygen atoms in total. The normalized spacial score (nSPS) is 11.4. The van der Waals surface area contributed by atoms with Gasteiger partial charge in [-0.3, -0.25) is 9.97 Å². The van der Waals surface area contributed by atoms with Crippen LogP contribution in [-0.4, -0.2) is 52.6 Å². The van der Waals surface area contributed by atoms with Crippen LogP contribution in [0.2, 0.25) is 5.28 Å². The van der Waals surface area contributed by atoms with Crippen LogP contribution in [0.1, 0.15) is 0 Å². The van der Waals surface area contributed by atoms with E-state index >= 15 is 0 Å². The molecule has 118 heavy (non-hydrogen) atoms. The van der Waals surface area contributed by atoms with Crippen LogP contribution in [-0.2, 0) is 0 Å². The Labute approximate surface area is 687 Å². The molecule has 1 radical (unpaired) electrons. The maximum absolute atomic E-state index is 14.4. The summed E-state index contributed by atoms with van der Waals surface area (Å²) in [7, 11) is 0.667. The Morgan fingerprint density at radius 3 is 1.04 bits per heavy atom. The maximum atomic E-state index is 14.4. The second-order valence-corrected chi connectivity index (χ2v) is 30.3. The molecule has 0 atom stereocenters. The van der Waals surface area contributed by atoms with Crippen molar-refractivity contribution in [2.75, 3.05) is 0 Å². The molecule has 0 aliphatic heterocycles. The molecule has 1 N–H and O–H groups in total. The fourth-order valence-electron chi connectivity index (χ4n) is 15.5. The molecule has 0 amide bonds. The van der Waals surface area contributed by atoms with Crippen LogP contribution in [0.4, 0.5) is 8.78 Å². The second-order valence-electron chi connectivity index (χ2n) is 27.9. The van der Waals surface area contributed by atoms with Gasteiger partial charge in [-0.2, -0.15) is 9.97 Å². The Kier molecular flexibility index (Phi) is 19.2. The third-order valence-electron chi connectivity index (χ3n) is 20.8. The summed E-state index contributed by atoms with van der Waals surface area (Å²) in [6.07, 6.45) is 3.49. The Morgan fingerprint density at radius 1 is 0.280 bits per heavy atom. The summed E-state index contributed by atoms with van der Waals surface area (Å²) in [5, 5.41) is 17.5. The largest absolute Gasteiger partial charge is 0.569 e. The van der Waals surface area contributed by atoms with Crippen LogP contribution in [0.3, 0.4) is 0 Å². The predicted octanol–water partition coefficient (Wildman–Crippen LogP) is 26.9. The van der Waals surface area contributed by atoms with Crippen molar-refractivity contribution in [3.63, 3.8) is 0 Å². The van der Waals surface area contributed by atoms with Crippen molar-refractivity contribution in [3.8, 4) is 130 Å². The Balaban J connectivity index is 0.000000126. The minimum atomic E-state index is -0.297. The molecule has 0 unspecified atom stereocenters. The molecule has 0 aliphatic carbocycles. The molecule has 0 fully saturated rings. The fraction of sp³-hybridized carbons (Fsp3) is 0. The van der Waals surface area contributed by atoms with Gasteiger partial charge in [0.05, 0.1) is 17.0 Å². The highest BCUT2D eigenvalue weighted by Gasteiger charge is 2.25. The number of furan rings is 2. The first kappa shape index (κ1) is 72.4. The number of hydrogen-bond acceptors (Lipinski definition) is 14. The van der Waals surface area contributed by atoms with Crippen molar-refractivity contribution in [2.45, 2.75) is 0 Å². The summed E-state index contributed by atoms with van der Waals surface area (Å²) in [6, 6.07) is 110. The first-order valence-corrected chi connectivity index (χ1v) is 40.0. The summed E-state index contributed by atoms with van der Waals surface area (Å²) >= 11 is 9.75. The van der Waals surface area contributed by atoms with Gasteiger partial charge in [0.2, 0.25) is 5.28 Å². The van der Waals surface area contributed by atoms with E-state index in [9.17, 15) is 8.78 Å². The first-order valence-electron chi connectivity index (χ1n) is 37.9. The van der Waals surface area contributed by atoms with Crippen LogP contribution in [0.5, 0.6) is 5.75 Å². The van der Waals surface area contributed by atoms with E-state index in [4.69, 9.17) is 55.0 Å². The van der Waals surface area contributed by atoms with Gasteiger partial charge >= 0.3 is 7.69 Å². The molecule has 8 heterocycles. The summed E-state index contributed by atoms with van der Waals surface area (Å²) in [4.78, 5) is 38.5. The average Bonchev–Trinajstić information content (AvgIpc) is 1.58. The first-order chi connectivity index (χ1) is 58.2. The van der Waals surface area contributed by atoms with Crippen molar-refractivity contribution in [2.24, 2.45) is 0 Å². The molecule has 14 aromatic carbocycles. The number of rotatable bonds is 13. The molecular weight excluding hydrogens is 1530 g/mol. The average molecular weight is 1590 g/mol. The molecular formula is C100H59BClF2N8O4S2. The number of fused-ring (bicyclic) bond motifs is 12. The summed E-state index contributed by atoms with van der Waals surface area (Å²) < 4.78 is 50.8.